The van der Waals surface area contributed by atoms with Gasteiger partial charge in [0.2, 0.25) is 10.0 Å². The van der Waals surface area contributed by atoms with Crippen molar-refractivity contribution in [2.75, 3.05) is 23.6 Å². The molecule has 1 amide bonds. The van der Waals surface area contributed by atoms with Crippen molar-refractivity contribution in [2.45, 2.75) is 38.7 Å². The summed E-state index contributed by atoms with van der Waals surface area (Å²) in [4.78, 5) is 12.0. The number of rotatable bonds is 8. The van der Waals surface area contributed by atoms with Crippen LogP contribution in [-0.4, -0.2) is 39.3 Å². The summed E-state index contributed by atoms with van der Waals surface area (Å²) in [5.41, 5.74) is 0.969. The third kappa shape index (κ3) is 5.84. The van der Waals surface area contributed by atoms with Gasteiger partial charge in [0.15, 0.2) is 0 Å². The lowest BCUT2D eigenvalue weighted by Gasteiger charge is -2.11. The Bertz CT molecular complexity index is 607. The van der Waals surface area contributed by atoms with E-state index in [2.05, 4.69) is 10.0 Å². The van der Waals surface area contributed by atoms with Gasteiger partial charge in [0.25, 0.3) is 5.91 Å². The number of hydrogen-bond donors (Lipinski definition) is 2. The van der Waals surface area contributed by atoms with E-state index in [1.54, 1.807) is 24.3 Å². The largest absolute Gasteiger partial charge is 0.376 e. The quantitative estimate of drug-likeness (QED) is 0.759. The normalized spacial score (nSPS) is 17.9. The van der Waals surface area contributed by atoms with Crippen molar-refractivity contribution in [1.29, 1.82) is 0 Å². The Morgan fingerprint density at radius 1 is 1.30 bits per heavy atom. The van der Waals surface area contributed by atoms with Crippen molar-refractivity contribution in [3.8, 4) is 0 Å². The molecular weight excluding hydrogens is 316 g/mol. The highest BCUT2D eigenvalue weighted by molar-refractivity contribution is 7.92. The summed E-state index contributed by atoms with van der Waals surface area (Å²) < 4.78 is 31.6. The summed E-state index contributed by atoms with van der Waals surface area (Å²) in [6.45, 7) is 3.21. The maximum atomic E-state index is 12.0. The first-order valence-electron chi connectivity index (χ1n) is 8.00. The second-order valence-electron chi connectivity index (χ2n) is 5.70. The molecule has 2 rings (SSSR count). The maximum Gasteiger partial charge on any atom is 0.251 e. The number of carbonyl (C=O) groups is 1. The van der Waals surface area contributed by atoms with Gasteiger partial charge in [0.05, 0.1) is 11.9 Å². The number of amides is 1. The van der Waals surface area contributed by atoms with Crippen molar-refractivity contribution < 1.29 is 17.9 Å². The molecule has 6 nitrogen and oxygen atoms in total. The van der Waals surface area contributed by atoms with Crippen LogP contribution >= 0.6 is 0 Å². The van der Waals surface area contributed by atoms with Crippen molar-refractivity contribution in [3.63, 3.8) is 0 Å². The summed E-state index contributed by atoms with van der Waals surface area (Å²) in [6, 6.07) is 6.43. The Labute approximate surface area is 137 Å². The molecule has 0 radical (unpaired) electrons. The molecule has 1 aromatic rings. The number of unbranched alkanes of at least 4 members (excludes halogenated alkanes) is 1. The smallest absolute Gasteiger partial charge is 0.251 e. The molecule has 0 saturated carbocycles. The second-order valence-corrected chi connectivity index (χ2v) is 7.54. The monoisotopic (exact) mass is 340 g/mol. The van der Waals surface area contributed by atoms with E-state index < -0.39 is 10.0 Å². The highest BCUT2D eigenvalue weighted by Crippen LogP contribution is 2.13. The van der Waals surface area contributed by atoms with E-state index in [0.29, 0.717) is 24.2 Å². The SMILES string of the molecule is CCCCS(=O)(=O)Nc1ccc(C(=O)NC[C@H]2CCCO2)cc1. The van der Waals surface area contributed by atoms with Crippen LogP contribution in [0.5, 0.6) is 0 Å². The van der Waals surface area contributed by atoms with Crippen molar-refractivity contribution in [3.05, 3.63) is 29.8 Å². The van der Waals surface area contributed by atoms with Crippen LogP contribution in [0.4, 0.5) is 5.69 Å². The van der Waals surface area contributed by atoms with Crippen LogP contribution in [0.3, 0.4) is 0 Å². The molecular formula is C16H24N2O4S. The predicted molar refractivity (Wildman–Crippen MR) is 90.1 cm³/mol. The fourth-order valence-electron chi connectivity index (χ4n) is 2.37. The Balaban J connectivity index is 1.86. The summed E-state index contributed by atoms with van der Waals surface area (Å²) >= 11 is 0. The molecule has 1 heterocycles. The van der Waals surface area contributed by atoms with Crippen LogP contribution < -0.4 is 10.0 Å². The lowest BCUT2D eigenvalue weighted by molar-refractivity contribution is 0.0858. The van der Waals surface area contributed by atoms with Gasteiger partial charge in [0, 0.05) is 24.4 Å². The third-order valence-electron chi connectivity index (χ3n) is 3.70. The lowest BCUT2D eigenvalue weighted by atomic mass is 10.2. The van der Waals surface area contributed by atoms with Crippen LogP contribution in [0.25, 0.3) is 0 Å². The first-order valence-corrected chi connectivity index (χ1v) is 9.66. The molecule has 1 atom stereocenters. The van der Waals surface area contributed by atoms with Crippen LogP contribution in [0, 0.1) is 0 Å². The van der Waals surface area contributed by atoms with Crippen molar-refractivity contribution in [2.24, 2.45) is 0 Å². The number of benzene rings is 1. The zero-order valence-corrected chi connectivity index (χ0v) is 14.2. The molecule has 0 bridgehead atoms. The summed E-state index contributed by atoms with van der Waals surface area (Å²) in [5.74, 6) is -0.0754. The van der Waals surface area contributed by atoms with E-state index in [1.165, 1.54) is 0 Å². The van der Waals surface area contributed by atoms with Gasteiger partial charge in [-0.05, 0) is 43.5 Å². The maximum absolute atomic E-state index is 12.0. The minimum atomic E-state index is -3.32. The summed E-state index contributed by atoms with van der Waals surface area (Å²) in [6.07, 6.45) is 3.55. The van der Waals surface area contributed by atoms with Gasteiger partial charge in [-0.1, -0.05) is 13.3 Å². The number of ether oxygens (including phenoxy) is 1. The highest BCUT2D eigenvalue weighted by Gasteiger charge is 2.16. The topological polar surface area (TPSA) is 84.5 Å². The molecule has 23 heavy (non-hydrogen) atoms. The lowest BCUT2D eigenvalue weighted by Crippen LogP contribution is -2.31. The van der Waals surface area contributed by atoms with Crippen molar-refractivity contribution >= 4 is 21.6 Å². The van der Waals surface area contributed by atoms with Gasteiger partial charge in [-0.3, -0.25) is 9.52 Å². The Morgan fingerprint density at radius 2 is 2.04 bits per heavy atom. The fraction of sp³-hybridized carbons (Fsp3) is 0.562. The van der Waals surface area contributed by atoms with Gasteiger partial charge in [-0.2, -0.15) is 0 Å². The molecule has 1 fully saturated rings. The Morgan fingerprint density at radius 3 is 2.65 bits per heavy atom. The molecule has 7 heteroatoms. The molecule has 1 aliphatic rings. The molecule has 0 aromatic heterocycles. The third-order valence-corrected chi connectivity index (χ3v) is 5.07. The molecule has 2 N–H and O–H groups in total. The van der Waals surface area contributed by atoms with Gasteiger partial charge in [-0.15, -0.1) is 0 Å². The number of anilines is 1. The van der Waals surface area contributed by atoms with Gasteiger partial charge in [-0.25, -0.2) is 8.42 Å². The molecule has 128 valence electrons. The van der Waals surface area contributed by atoms with E-state index in [0.717, 1.165) is 25.9 Å². The number of nitrogens with one attached hydrogen (secondary N) is 2. The number of carbonyl (C=O) groups excluding carboxylic acids is 1. The standard InChI is InChI=1S/C16H24N2O4S/c1-2-3-11-23(20,21)18-14-8-6-13(7-9-14)16(19)17-12-15-5-4-10-22-15/h6-9,15,18H,2-5,10-12H2,1H3,(H,17,19)/t15-/m1/s1. The Kier molecular flexibility index (Phi) is 6.41. The Hall–Kier alpha value is -1.60. The van der Waals surface area contributed by atoms with Crippen LogP contribution in [-0.2, 0) is 14.8 Å². The van der Waals surface area contributed by atoms with E-state index in [-0.39, 0.29) is 17.8 Å². The first kappa shape index (κ1) is 17.7. The summed E-state index contributed by atoms with van der Waals surface area (Å²) in [7, 11) is -3.32. The number of hydrogen-bond acceptors (Lipinski definition) is 4. The molecule has 0 unspecified atom stereocenters. The zero-order chi connectivity index (χ0) is 16.7. The molecule has 1 aliphatic heterocycles. The molecule has 0 aliphatic carbocycles. The van der Waals surface area contributed by atoms with E-state index in [9.17, 15) is 13.2 Å². The summed E-state index contributed by atoms with van der Waals surface area (Å²) in [5, 5.41) is 2.83. The molecule has 1 saturated heterocycles. The van der Waals surface area contributed by atoms with Crippen LogP contribution in [0.15, 0.2) is 24.3 Å². The van der Waals surface area contributed by atoms with Crippen LogP contribution in [0.1, 0.15) is 43.0 Å². The van der Waals surface area contributed by atoms with Crippen molar-refractivity contribution in [1.82, 2.24) is 5.32 Å². The first-order chi connectivity index (χ1) is 11.0. The second kappa shape index (κ2) is 8.31. The number of sulfonamides is 1. The fourth-order valence-corrected chi connectivity index (χ4v) is 3.63. The predicted octanol–water partition coefficient (Wildman–Crippen LogP) is 2.14. The van der Waals surface area contributed by atoms with Gasteiger partial charge >= 0.3 is 0 Å². The van der Waals surface area contributed by atoms with E-state index in [4.69, 9.17) is 4.74 Å². The van der Waals surface area contributed by atoms with E-state index >= 15 is 0 Å². The van der Waals surface area contributed by atoms with Gasteiger partial charge in [0.1, 0.15) is 0 Å². The molecule has 1 aromatic carbocycles. The highest BCUT2D eigenvalue weighted by atomic mass is 32.2. The van der Waals surface area contributed by atoms with Gasteiger partial charge < -0.3 is 10.1 Å². The average Bonchev–Trinajstić information content (AvgIpc) is 3.04. The average molecular weight is 340 g/mol. The zero-order valence-electron chi connectivity index (χ0n) is 13.4. The van der Waals surface area contributed by atoms with Crippen LogP contribution in [0.2, 0.25) is 0 Å². The molecule has 0 spiro atoms. The minimum absolute atomic E-state index is 0.101. The van der Waals surface area contributed by atoms with E-state index in [1.807, 2.05) is 6.92 Å². The minimum Gasteiger partial charge on any atom is -0.376 e.